The van der Waals surface area contributed by atoms with E-state index in [0.29, 0.717) is 22.5 Å². The molecule has 0 unspecified atom stereocenters. The first-order valence-corrected chi connectivity index (χ1v) is 12.6. The number of carboxylic acids is 1. The number of aryl methyl sites for hydroxylation is 1. The van der Waals surface area contributed by atoms with Crippen LogP contribution in [0.15, 0.2) is 82.9 Å². The van der Waals surface area contributed by atoms with Crippen LogP contribution in [-0.2, 0) is 11.3 Å². The van der Waals surface area contributed by atoms with Crippen molar-refractivity contribution in [3.8, 4) is 22.6 Å². The molecule has 36 heavy (non-hydrogen) atoms. The molecule has 6 nitrogen and oxygen atoms in total. The molecular formula is C28H23ClN4O2S. The molecular weight excluding hydrogens is 492 g/mol. The van der Waals surface area contributed by atoms with Crippen LogP contribution in [0.1, 0.15) is 18.1 Å². The maximum absolute atomic E-state index is 12.4. The van der Waals surface area contributed by atoms with Crippen LogP contribution in [-0.4, -0.2) is 30.8 Å². The number of nitrogens with zero attached hydrogens (tertiary/aromatic N) is 3. The minimum Gasteiger partial charge on any atom is -0.477 e. The minimum atomic E-state index is -1.03. The summed E-state index contributed by atoms with van der Waals surface area (Å²) >= 11 is 7.13. The summed E-state index contributed by atoms with van der Waals surface area (Å²) in [7, 11) is 0. The number of hydrogen-bond acceptors (Lipinski definition) is 4. The Morgan fingerprint density at radius 2 is 1.78 bits per heavy atom. The number of aromatic nitrogens is 4. The van der Waals surface area contributed by atoms with E-state index in [9.17, 15) is 9.90 Å². The molecule has 0 saturated carbocycles. The van der Waals surface area contributed by atoms with E-state index in [1.165, 1.54) is 0 Å². The Bertz CT molecular complexity index is 1590. The number of fused-ring (bicyclic) bond motifs is 1. The number of aromatic amines is 1. The van der Waals surface area contributed by atoms with Crippen molar-refractivity contribution < 1.29 is 9.90 Å². The van der Waals surface area contributed by atoms with Crippen molar-refractivity contribution in [1.82, 2.24) is 19.7 Å². The van der Waals surface area contributed by atoms with Gasteiger partial charge in [0, 0.05) is 33.6 Å². The summed E-state index contributed by atoms with van der Waals surface area (Å²) in [4.78, 5) is 16.1. The van der Waals surface area contributed by atoms with Gasteiger partial charge in [0.05, 0.1) is 5.69 Å². The monoisotopic (exact) mass is 514 g/mol. The van der Waals surface area contributed by atoms with Crippen LogP contribution in [0.25, 0.3) is 39.6 Å². The van der Waals surface area contributed by atoms with E-state index in [1.807, 2.05) is 79.1 Å². The van der Waals surface area contributed by atoms with Gasteiger partial charge in [-0.3, -0.25) is 0 Å². The molecule has 0 atom stereocenters. The fraction of sp³-hybridized carbons (Fsp3) is 0.107. The van der Waals surface area contributed by atoms with Crippen molar-refractivity contribution in [1.29, 1.82) is 0 Å². The summed E-state index contributed by atoms with van der Waals surface area (Å²) in [6, 6.07) is 23.3. The number of para-hydroxylation sites is 1. The van der Waals surface area contributed by atoms with Gasteiger partial charge in [0.25, 0.3) is 0 Å². The van der Waals surface area contributed by atoms with Crippen LogP contribution in [0.2, 0.25) is 5.02 Å². The number of thioether (sulfide) groups is 1. The summed E-state index contributed by atoms with van der Waals surface area (Å²) < 4.78 is 1.90. The maximum Gasteiger partial charge on any atom is 0.342 e. The molecule has 0 fully saturated rings. The standard InChI is InChI=1S/C28H23ClN4O2S/c1-3-33-26(19-12-14-20(29)15-13-19)31-32-28(33)36-23(27(34)35)16-22-21-11-7-8-17(2)24(21)30-25(22)18-9-5-4-6-10-18/h4-16,30H,3H2,1-2H3,(H,34,35)/b23-16-. The molecule has 5 rings (SSSR count). The third-order valence-corrected chi connectivity index (χ3v) is 7.22. The number of halogens is 1. The van der Waals surface area contributed by atoms with Gasteiger partial charge in [0.15, 0.2) is 11.0 Å². The molecule has 180 valence electrons. The summed E-state index contributed by atoms with van der Waals surface area (Å²) in [5.41, 5.74) is 5.62. The highest BCUT2D eigenvalue weighted by molar-refractivity contribution is 8.04. The van der Waals surface area contributed by atoms with Crippen molar-refractivity contribution in [2.75, 3.05) is 0 Å². The molecule has 0 aliphatic rings. The highest BCUT2D eigenvalue weighted by Crippen LogP contribution is 2.37. The summed E-state index contributed by atoms with van der Waals surface area (Å²) in [5.74, 6) is -0.367. The number of nitrogens with one attached hydrogen (secondary N) is 1. The second kappa shape index (κ2) is 10.0. The number of H-pyrrole nitrogens is 1. The van der Waals surface area contributed by atoms with Gasteiger partial charge >= 0.3 is 5.97 Å². The Hall–Kier alpha value is -3.81. The predicted molar refractivity (Wildman–Crippen MR) is 146 cm³/mol. The number of carbonyl (C=O) groups is 1. The normalized spacial score (nSPS) is 11.8. The van der Waals surface area contributed by atoms with Crippen LogP contribution in [0.5, 0.6) is 0 Å². The van der Waals surface area contributed by atoms with E-state index in [-0.39, 0.29) is 4.91 Å². The predicted octanol–water partition coefficient (Wildman–Crippen LogP) is 7.29. The fourth-order valence-electron chi connectivity index (χ4n) is 4.19. The average Bonchev–Trinajstić information content (AvgIpc) is 3.46. The molecule has 5 aromatic rings. The molecule has 0 radical (unpaired) electrons. The minimum absolute atomic E-state index is 0.152. The first kappa shape index (κ1) is 23.9. The van der Waals surface area contributed by atoms with Gasteiger partial charge in [-0.1, -0.05) is 60.1 Å². The molecule has 0 spiro atoms. The molecule has 2 heterocycles. The number of benzene rings is 3. The average molecular weight is 515 g/mol. The smallest absolute Gasteiger partial charge is 0.342 e. The van der Waals surface area contributed by atoms with Gasteiger partial charge in [-0.2, -0.15) is 0 Å². The summed E-state index contributed by atoms with van der Waals surface area (Å²) in [6.45, 7) is 4.60. The Morgan fingerprint density at radius 3 is 2.47 bits per heavy atom. The molecule has 0 aliphatic carbocycles. The third kappa shape index (κ3) is 4.55. The second-order valence-corrected chi connectivity index (χ2v) is 9.70. The maximum atomic E-state index is 12.4. The summed E-state index contributed by atoms with van der Waals surface area (Å²) in [5, 5.41) is 20.9. The highest BCUT2D eigenvalue weighted by atomic mass is 35.5. The number of rotatable bonds is 7. The van der Waals surface area contributed by atoms with Gasteiger partial charge < -0.3 is 14.7 Å². The number of hydrogen-bond donors (Lipinski definition) is 2. The van der Waals surface area contributed by atoms with Crippen LogP contribution in [0.3, 0.4) is 0 Å². The lowest BCUT2D eigenvalue weighted by atomic mass is 10.0. The van der Waals surface area contributed by atoms with Crippen molar-refractivity contribution in [2.45, 2.75) is 25.5 Å². The van der Waals surface area contributed by atoms with E-state index >= 15 is 0 Å². The Morgan fingerprint density at radius 1 is 1.03 bits per heavy atom. The fourth-order valence-corrected chi connectivity index (χ4v) is 5.19. The van der Waals surface area contributed by atoms with E-state index in [0.717, 1.165) is 50.6 Å². The largest absolute Gasteiger partial charge is 0.477 e. The highest BCUT2D eigenvalue weighted by Gasteiger charge is 2.21. The molecule has 0 bridgehead atoms. The first-order valence-electron chi connectivity index (χ1n) is 11.4. The lowest BCUT2D eigenvalue weighted by Crippen LogP contribution is -2.03. The third-order valence-electron chi connectivity index (χ3n) is 5.97. The quantitative estimate of drug-likeness (QED) is 0.176. The Labute approximate surface area is 217 Å². The number of carboxylic acid groups (broad SMARTS) is 1. The van der Waals surface area contributed by atoms with Crippen LogP contribution in [0, 0.1) is 6.92 Å². The van der Waals surface area contributed by atoms with Gasteiger partial charge in [0.2, 0.25) is 0 Å². The molecule has 8 heteroatoms. The summed E-state index contributed by atoms with van der Waals surface area (Å²) in [6.07, 6.45) is 1.73. The molecule has 0 saturated heterocycles. The van der Waals surface area contributed by atoms with E-state index < -0.39 is 5.97 Å². The van der Waals surface area contributed by atoms with Crippen LogP contribution in [0.4, 0.5) is 0 Å². The van der Waals surface area contributed by atoms with E-state index in [4.69, 9.17) is 11.6 Å². The number of aliphatic carboxylic acids is 1. The van der Waals surface area contributed by atoms with Crippen LogP contribution < -0.4 is 0 Å². The molecule has 3 aromatic carbocycles. The molecule has 0 amide bonds. The van der Waals surface area contributed by atoms with E-state index in [1.54, 1.807) is 18.2 Å². The molecule has 2 aromatic heterocycles. The van der Waals surface area contributed by atoms with Crippen molar-refractivity contribution in [3.63, 3.8) is 0 Å². The van der Waals surface area contributed by atoms with Crippen molar-refractivity contribution >= 4 is 46.3 Å². The van der Waals surface area contributed by atoms with Gasteiger partial charge in [-0.25, -0.2) is 4.79 Å². The lowest BCUT2D eigenvalue weighted by Gasteiger charge is -2.08. The Balaban J connectivity index is 1.62. The molecule has 0 aliphatic heterocycles. The van der Waals surface area contributed by atoms with Crippen molar-refractivity contribution in [2.24, 2.45) is 0 Å². The SMILES string of the molecule is CCn1c(S/C(=C\c2c(-c3ccccc3)[nH]c3c(C)cccc23)C(=O)O)nnc1-c1ccc(Cl)cc1. The molecule has 2 N–H and O–H groups in total. The Kier molecular flexibility index (Phi) is 6.67. The van der Waals surface area contributed by atoms with Crippen LogP contribution >= 0.6 is 23.4 Å². The van der Waals surface area contributed by atoms with Gasteiger partial charge in [0.1, 0.15) is 4.91 Å². The zero-order chi connectivity index (χ0) is 25.2. The lowest BCUT2D eigenvalue weighted by molar-refractivity contribution is -0.131. The topological polar surface area (TPSA) is 83.8 Å². The first-order chi connectivity index (χ1) is 17.5. The van der Waals surface area contributed by atoms with Gasteiger partial charge in [-0.05, 0) is 67.1 Å². The second-order valence-electron chi connectivity index (χ2n) is 8.25. The van der Waals surface area contributed by atoms with E-state index in [2.05, 4.69) is 15.2 Å². The zero-order valence-corrected chi connectivity index (χ0v) is 21.3. The van der Waals surface area contributed by atoms with Crippen molar-refractivity contribution in [3.05, 3.63) is 93.9 Å². The zero-order valence-electron chi connectivity index (χ0n) is 19.7. The van der Waals surface area contributed by atoms with Gasteiger partial charge in [-0.15, -0.1) is 10.2 Å².